The third kappa shape index (κ3) is 4.20. The molecule has 3 rings (SSSR count). The number of likely N-dealkylation sites (N-methyl/N-ethyl adjacent to an activating group) is 1. The zero-order valence-corrected chi connectivity index (χ0v) is 17.3. The highest BCUT2D eigenvalue weighted by molar-refractivity contribution is 7.89. The van der Waals surface area contributed by atoms with Crippen molar-refractivity contribution < 1.29 is 17.9 Å². The van der Waals surface area contributed by atoms with Gasteiger partial charge >= 0.3 is 0 Å². The van der Waals surface area contributed by atoms with E-state index in [1.165, 1.54) is 25.8 Å². The molecule has 0 aliphatic heterocycles. The minimum absolute atomic E-state index is 0.0724. The van der Waals surface area contributed by atoms with E-state index in [1.54, 1.807) is 19.1 Å². The number of hydrogen-bond acceptors (Lipinski definition) is 4. The van der Waals surface area contributed by atoms with Gasteiger partial charge in [-0.15, -0.1) is 0 Å². The molecule has 0 heterocycles. The highest BCUT2D eigenvalue weighted by Gasteiger charge is 2.26. The first kappa shape index (κ1) is 20.4. The second-order valence-corrected chi connectivity index (χ2v) is 9.15. The monoisotopic (exact) mass is 402 g/mol. The number of aryl methyl sites for hydroxylation is 2. The van der Waals surface area contributed by atoms with Gasteiger partial charge in [0.25, 0.3) is 0 Å². The van der Waals surface area contributed by atoms with Gasteiger partial charge in [0.2, 0.25) is 15.9 Å². The fraction of sp³-hybridized carbons (Fsp3) is 0.381. The van der Waals surface area contributed by atoms with Gasteiger partial charge in [-0.25, -0.2) is 8.42 Å². The van der Waals surface area contributed by atoms with Crippen LogP contribution in [0.3, 0.4) is 0 Å². The number of rotatable bonds is 6. The molecule has 0 fully saturated rings. The van der Waals surface area contributed by atoms with E-state index in [-0.39, 0.29) is 23.4 Å². The van der Waals surface area contributed by atoms with E-state index in [1.807, 2.05) is 18.2 Å². The first-order chi connectivity index (χ1) is 13.3. The number of carbonyl (C=O) groups excluding carboxylic acids is 1. The topological polar surface area (TPSA) is 75.7 Å². The molecule has 2 aromatic rings. The van der Waals surface area contributed by atoms with Crippen molar-refractivity contribution in [2.75, 3.05) is 20.7 Å². The van der Waals surface area contributed by atoms with Crippen LogP contribution < -0.4 is 10.1 Å². The van der Waals surface area contributed by atoms with Crippen LogP contribution in [-0.2, 0) is 21.2 Å². The van der Waals surface area contributed by atoms with E-state index in [0.717, 1.165) is 34.7 Å². The number of fused-ring (bicyclic) bond motifs is 1. The molecule has 7 heteroatoms. The maximum absolute atomic E-state index is 12.8. The number of hydrogen-bond donors (Lipinski definition) is 1. The molecule has 1 atom stereocenters. The van der Waals surface area contributed by atoms with Crippen LogP contribution in [0.15, 0.2) is 47.4 Å². The molecule has 1 amide bonds. The first-order valence-corrected chi connectivity index (χ1v) is 10.7. The molecule has 2 aromatic carbocycles. The van der Waals surface area contributed by atoms with Crippen molar-refractivity contribution in [3.05, 3.63) is 59.2 Å². The Balaban J connectivity index is 1.69. The second kappa shape index (κ2) is 8.32. The molecule has 1 aliphatic carbocycles. The van der Waals surface area contributed by atoms with Crippen molar-refractivity contribution in [3.8, 4) is 5.75 Å². The summed E-state index contributed by atoms with van der Waals surface area (Å²) in [7, 11) is -0.808. The summed E-state index contributed by atoms with van der Waals surface area (Å²) in [6.07, 6.45) is 2.87. The number of amides is 1. The maximum Gasteiger partial charge on any atom is 0.243 e. The third-order valence-corrected chi connectivity index (χ3v) is 6.94. The fourth-order valence-electron chi connectivity index (χ4n) is 3.62. The van der Waals surface area contributed by atoms with Gasteiger partial charge in [-0.1, -0.05) is 24.3 Å². The summed E-state index contributed by atoms with van der Waals surface area (Å²) < 4.78 is 31.9. The largest absolute Gasteiger partial charge is 0.496 e. The summed E-state index contributed by atoms with van der Waals surface area (Å²) in [5.41, 5.74) is 3.09. The van der Waals surface area contributed by atoms with E-state index < -0.39 is 10.0 Å². The van der Waals surface area contributed by atoms with Gasteiger partial charge in [0, 0.05) is 7.05 Å². The van der Waals surface area contributed by atoms with Crippen LogP contribution in [0.4, 0.5) is 0 Å². The SMILES string of the molecule is COc1ccc(S(=O)(=O)N(C)CC(=O)NC2CCCc3ccccc32)cc1C. The molecule has 1 aliphatic rings. The first-order valence-electron chi connectivity index (χ1n) is 9.31. The Kier molecular flexibility index (Phi) is 6.05. The standard InChI is InChI=1S/C21H26N2O4S/c1-15-13-17(11-12-20(15)27-3)28(25,26)23(2)14-21(24)22-19-10-6-8-16-7-4-5-9-18(16)19/h4-5,7,9,11-13,19H,6,8,10,14H2,1-3H3,(H,22,24). The Morgan fingerprint density at radius 3 is 2.71 bits per heavy atom. The Bertz CT molecular complexity index is 972. The molecule has 28 heavy (non-hydrogen) atoms. The molecule has 0 radical (unpaired) electrons. The summed E-state index contributed by atoms with van der Waals surface area (Å²) in [6.45, 7) is 1.55. The van der Waals surface area contributed by atoms with Gasteiger partial charge in [0.15, 0.2) is 0 Å². The average Bonchev–Trinajstić information content (AvgIpc) is 2.68. The lowest BCUT2D eigenvalue weighted by Gasteiger charge is -2.27. The summed E-state index contributed by atoms with van der Waals surface area (Å²) in [6, 6.07) is 12.7. The average molecular weight is 403 g/mol. The van der Waals surface area contributed by atoms with Gasteiger partial charge in [0.1, 0.15) is 5.75 Å². The lowest BCUT2D eigenvalue weighted by molar-refractivity contribution is -0.122. The number of nitrogens with one attached hydrogen (secondary N) is 1. The summed E-state index contributed by atoms with van der Waals surface area (Å²) in [4.78, 5) is 12.7. The highest BCUT2D eigenvalue weighted by Crippen LogP contribution is 2.29. The number of nitrogens with zero attached hydrogens (tertiary/aromatic N) is 1. The number of sulfonamides is 1. The summed E-state index contributed by atoms with van der Waals surface area (Å²) >= 11 is 0. The van der Waals surface area contributed by atoms with E-state index in [2.05, 4.69) is 11.4 Å². The van der Waals surface area contributed by atoms with E-state index in [4.69, 9.17) is 4.74 Å². The Morgan fingerprint density at radius 1 is 1.25 bits per heavy atom. The summed E-state index contributed by atoms with van der Waals surface area (Å²) in [5, 5.41) is 2.99. The van der Waals surface area contributed by atoms with Crippen LogP contribution in [-0.4, -0.2) is 39.3 Å². The Labute approximate surface area is 166 Å². The van der Waals surface area contributed by atoms with Gasteiger partial charge in [-0.3, -0.25) is 4.79 Å². The lowest BCUT2D eigenvalue weighted by Crippen LogP contribution is -2.40. The molecule has 1 unspecified atom stereocenters. The zero-order chi connectivity index (χ0) is 20.3. The van der Waals surface area contributed by atoms with E-state index in [9.17, 15) is 13.2 Å². The quantitative estimate of drug-likeness (QED) is 0.806. The molecule has 0 saturated carbocycles. The van der Waals surface area contributed by atoms with E-state index in [0.29, 0.717) is 5.75 Å². The van der Waals surface area contributed by atoms with Gasteiger partial charge in [0.05, 0.1) is 24.6 Å². The molecule has 0 saturated heterocycles. The molecular weight excluding hydrogens is 376 g/mol. The van der Waals surface area contributed by atoms with Crippen molar-refractivity contribution in [2.45, 2.75) is 37.1 Å². The number of carbonyl (C=O) groups is 1. The predicted octanol–water partition coefficient (Wildman–Crippen LogP) is 2.82. The Hall–Kier alpha value is -2.38. The number of ether oxygens (including phenoxy) is 1. The Morgan fingerprint density at radius 2 is 2.00 bits per heavy atom. The number of methoxy groups -OCH3 is 1. The minimum atomic E-state index is -3.77. The molecule has 0 aromatic heterocycles. The van der Waals surface area contributed by atoms with Crippen LogP contribution in [0, 0.1) is 6.92 Å². The van der Waals surface area contributed by atoms with Gasteiger partial charge in [-0.05, 0) is 61.1 Å². The summed E-state index contributed by atoms with van der Waals surface area (Å²) in [5.74, 6) is 0.313. The van der Waals surface area contributed by atoms with Gasteiger partial charge < -0.3 is 10.1 Å². The van der Waals surface area contributed by atoms with Crippen molar-refractivity contribution >= 4 is 15.9 Å². The number of benzene rings is 2. The van der Waals surface area contributed by atoms with Crippen molar-refractivity contribution in [3.63, 3.8) is 0 Å². The maximum atomic E-state index is 12.8. The van der Waals surface area contributed by atoms with Crippen LogP contribution in [0.2, 0.25) is 0 Å². The second-order valence-electron chi connectivity index (χ2n) is 7.10. The molecule has 150 valence electrons. The molecule has 0 spiro atoms. The minimum Gasteiger partial charge on any atom is -0.496 e. The van der Waals surface area contributed by atoms with E-state index >= 15 is 0 Å². The van der Waals surface area contributed by atoms with Gasteiger partial charge in [-0.2, -0.15) is 4.31 Å². The molecule has 6 nitrogen and oxygen atoms in total. The van der Waals surface area contributed by atoms with Crippen molar-refractivity contribution in [1.82, 2.24) is 9.62 Å². The highest BCUT2D eigenvalue weighted by atomic mass is 32.2. The molecule has 0 bridgehead atoms. The van der Waals surface area contributed by atoms with Crippen LogP contribution in [0.1, 0.15) is 35.6 Å². The zero-order valence-electron chi connectivity index (χ0n) is 16.4. The predicted molar refractivity (Wildman–Crippen MR) is 108 cm³/mol. The van der Waals surface area contributed by atoms with Crippen molar-refractivity contribution in [2.24, 2.45) is 0 Å². The smallest absolute Gasteiger partial charge is 0.243 e. The normalized spacial score (nSPS) is 16.5. The van der Waals surface area contributed by atoms with Crippen LogP contribution in [0.25, 0.3) is 0 Å². The van der Waals surface area contributed by atoms with Crippen molar-refractivity contribution in [1.29, 1.82) is 0 Å². The fourth-order valence-corrected chi connectivity index (χ4v) is 4.84. The van der Waals surface area contributed by atoms with Crippen LogP contribution >= 0.6 is 0 Å². The third-order valence-electron chi connectivity index (χ3n) is 5.15. The molecular formula is C21H26N2O4S. The molecule has 1 N–H and O–H groups in total. The lowest BCUT2D eigenvalue weighted by atomic mass is 9.88. The van der Waals surface area contributed by atoms with Crippen LogP contribution in [0.5, 0.6) is 5.75 Å².